The van der Waals surface area contributed by atoms with E-state index in [2.05, 4.69) is 15.8 Å². The summed E-state index contributed by atoms with van der Waals surface area (Å²) in [5.74, 6) is -0.922. The zero-order chi connectivity index (χ0) is 25.4. The third kappa shape index (κ3) is 7.47. The first-order chi connectivity index (χ1) is 16.8. The molecule has 7 nitrogen and oxygen atoms in total. The number of benzene rings is 3. The molecule has 0 radical (unpaired) electrons. The molecule has 35 heavy (non-hydrogen) atoms. The summed E-state index contributed by atoms with van der Waals surface area (Å²) in [5, 5.41) is 7.35. The molecule has 0 heterocycles. The Morgan fingerprint density at radius 2 is 1.69 bits per heavy atom. The Kier molecular flexibility index (Phi) is 9.11. The van der Waals surface area contributed by atoms with Gasteiger partial charge in [-0.15, -0.1) is 0 Å². The second kappa shape index (κ2) is 12.2. The van der Waals surface area contributed by atoms with Gasteiger partial charge in [0.05, 0.1) is 17.8 Å². The van der Waals surface area contributed by atoms with Crippen LogP contribution in [0.3, 0.4) is 0 Å². The zero-order valence-electron chi connectivity index (χ0n) is 19.5. The van der Waals surface area contributed by atoms with Crippen LogP contribution in [0.15, 0.2) is 59.7 Å². The Hall–Kier alpha value is -3.55. The van der Waals surface area contributed by atoms with Gasteiger partial charge < -0.3 is 14.8 Å². The van der Waals surface area contributed by atoms with Crippen LogP contribution in [0.25, 0.3) is 0 Å². The Bertz CT molecular complexity index is 1240. The topological polar surface area (TPSA) is 89.0 Å². The van der Waals surface area contributed by atoms with Crippen LogP contribution in [0.2, 0.25) is 10.0 Å². The molecule has 3 rings (SSSR count). The lowest BCUT2D eigenvalue weighted by atomic mass is 10.1. The largest absolute Gasteiger partial charge is 0.490 e. The molecule has 0 spiro atoms. The van der Waals surface area contributed by atoms with Crippen molar-refractivity contribution in [3.05, 3.63) is 86.9 Å². The van der Waals surface area contributed by atoms with Gasteiger partial charge in [-0.3, -0.25) is 9.59 Å². The highest BCUT2D eigenvalue weighted by Gasteiger charge is 2.15. The lowest BCUT2D eigenvalue weighted by Crippen LogP contribution is -2.32. The molecule has 0 fully saturated rings. The van der Waals surface area contributed by atoms with Crippen molar-refractivity contribution in [2.45, 2.75) is 27.4 Å². The molecule has 3 aromatic rings. The minimum Gasteiger partial charge on any atom is -0.490 e. The van der Waals surface area contributed by atoms with Crippen LogP contribution in [-0.4, -0.2) is 24.6 Å². The molecule has 2 N–H and O–H groups in total. The standard InChI is InChI=1S/C26H25Cl2N3O4/c1-4-34-23-13-19(12-22(28)24(23)35-15-18-6-8-20(27)9-7-18)14-29-31-26(33)25(32)30-21-10-5-16(2)17(3)11-21/h5-14H,4,15H2,1-3H3,(H,30,32)(H,31,33)/b29-14-. The Morgan fingerprint density at radius 1 is 0.943 bits per heavy atom. The first-order valence-corrected chi connectivity index (χ1v) is 11.6. The predicted molar refractivity (Wildman–Crippen MR) is 139 cm³/mol. The summed E-state index contributed by atoms with van der Waals surface area (Å²) in [7, 11) is 0. The summed E-state index contributed by atoms with van der Waals surface area (Å²) in [5.41, 5.74) is 6.29. The van der Waals surface area contributed by atoms with Gasteiger partial charge in [0.25, 0.3) is 0 Å². The Balaban J connectivity index is 1.64. The van der Waals surface area contributed by atoms with E-state index in [1.165, 1.54) is 6.21 Å². The van der Waals surface area contributed by atoms with Gasteiger partial charge >= 0.3 is 11.8 Å². The van der Waals surface area contributed by atoms with E-state index in [-0.39, 0.29) is 6.61 Å². The number of amides is 2. The molecule has 0 aliphatic rings. The van der Waals surface area contributed by atoms with Gasteiger partial charge in [-0.25, -0.2) is 5.43 Å². The normalized spacial score (nSPS) is 10.8. The highest BCUT2D eigenvalue weighted by molar-refractivity contribution is 6.39. The molecule has 0 saturated carbocycles. The van der Waals surface area contributed by atoms with Gasteiger partial charge in [-0.05, 0) is 79.4 Å². The van der Waals surface area contributed by atoms with E-state index < -0.39 is 11.8 Å². The average molecular weight is 514 g/mol. The molecule has 182 valence electrons. The maximum atomic E-state index is 12.1. The second-order valence-electron chi connectivity index (χ2n) is 7.63. The Labute approximate surface area is 214 Å². The molecule has 0 atom stereocenters. The van der Waals surface area contributed by atoms with Crippen molar-refractivity contribution < 1.29 is 19.1 Å². The maximum absolute atomic E-state index is 12.1. The molecule has 0 aliphatic carbocycles. The van der Waals surface area contributed by atoms with Crippen molar-refractivity contribution in [1.29, 1.82) is 0 Å². The van der Waals surface area contributed by atoms with E-state index in [9.17, 15) is 9.59 Å². The quantitative estimate of drug-likeness (QED) is 0.230. The third-order valence-electron chi connectivity index (χ3n) is 4.98. The summed E-state index contributed by atoms with van der Waals surface area (Å²) in [6.07, 6.45) is 1.36. The zero-order valence-corrected chi connectivity index (χ0v) is 21.0. The lowest BCUT2D eigenvalue weighted by Gasteiger charge is -2.14. The molecule has 9 heteroatoms. The van der Waals surface area contributed by atoms with Crippen molar-refractivity contribution in [3.63, 3.8) is 0 Å². The van der Waals surface area contributed by atoms with E-state index >= 15 is 0 Å². The van der Waals surface area contributed by atoms with E-state index in [1.807, 2.05) is 39.0 Å². The monoisotopic (exact) mass is 513 g/mol. The second-order valence-corrected chi connectivity index (χ2v) is 8.47. The van der Waals surface area contributed by atoms with Crippen molar-refractivity contribution in [1.82, 2.24) is 5.43 Å². The molecule has 3 aromatic carbocycles. The number of rotatable bonds is 8. The van der Waals surface area contributed by atoms with Gasteiger partial charge in [0.2, 0.25) is 0 Å². The van der Waals surface area contributed by atoms with E-state index in [4.69, 9.17) is 32.7 Å². The van der Waals surface area contributed by atoms with Gasteiger partial charge in [0.1, 0.15) is 6.61 Å². The summed E-state index contributed by atoms with van der Waals surface area (Å²) in [4.78, 5) is 24.2. The smallest absolute Gasteiger partial charge is 0.329 e. The third-order valence-corrected chi connectivity index (χ3v) is 5.51. The number of hydrogen-bond acceptors (Lipinski definition) is 5. The molecule has 0 aliphatic heterocycles. The first kappa shape index (κ1) is 26.1. The minimum atomic E-state index is -0.904. The first-order valence-electron chi connectivity index (χ1n) is 10.8. The number of carbonyl (C=O) groups is 2. The minimum absolute atomic E-state index is 0.274. The van der Waals surface area contributed by atoms with Crippen molar-refractivity contribution >= 4 is 46.9 Å². The number of nitrogens with one attached hydrogen (secondary N) is 2. The fourth-order valence-corrected chi connectivity index (χ4v) is 3.42. The fraction of sp³-hybridized carbons (Fsp3) is 0.192. The molecule has 0 unspecified atom stereocenters. The van der Waals surface area contributed by atoms with Crippen LogP contribution in [-0.2, 0) is 16.2 Å². The lowest BCUT2D eigenvalue weighted by molar-refractivity contribution is -0.136. The van der Waals surface area contributed by atoms with Crippen molar-refractivity contribution in [2.24, 2.45) is 5.10 Å². The number of ether oxygens (including phenoxy) is 2. The molecular weight excluding hydrogens is 489 g/mol. The summed E-state index contributed by atoms with van der Waals surface area (Å²) >= 11 is 12.3. The molecule has 2 amide bonds. The van der Waals surface area contributed by atoms with Crippen LogP contribution < -0.4 is 20.2 Å². The molecule has 0 aromatic heterocycles. The SMILES string of the molecule is CCOc1cc(/C=N\NC(=O)C(=O)Nc2ccc(C)c(C)c2)cc(Cl)c1OCc1ccc(Cl)cc1. The number of carbonyl (C=O) groups excluding carboxylic acids is 2. The average Bonchev–Trinajstić information content (AvgIpc) is 2.82. The number of aryl methyl sites for hydroxylation is 2. The van der Waals surface area contributed by atoms with E-state index in [1.54, 1.807) is 36.4 Å². The van der Waals surface area contributed by atoms with Gasteiger partial charge in [-0.1, -0.05) is 41.4 Å². The number of hydrazone groups is 1. The Morgan fingerprint density at radius 3 is 2.37 bits per heavy atom. The van der Waals surface area contributed by atoms with Crippen LogP contribution >= 0.6 is 23.2 Å². The van der Waals surface area contributed by atoms with Gasteiger partial charge in [0, 0.05) is 10.7 Å². The predicted octanol–water partition coefficient (Wildman–Crippen LogP) is 5.68. The van der Waals surface area contributed by atoms with Crippen molar-refractivity contribution in [3.8, 4) is 11.5 Å². The van der Waals surface area contributed by atoms with Gasteiger partial charge in [-0.2, -0.15) is 5.10 Å². The van der Waals surface area contributed by atoms with Crippen LogP contribution in [0.5, 0.6) is 11.5 Å². The van der Waals surface area contributed by atoms with E-state index in [0.717, 1.165) is 16.7 Å². The van der Waals surface area contributed by atoms with Crippen LogP contribution in [0.1, 0.15) is 29.2 Å². The summed E-state index contributed by atoms with van der Waals surface area (Å²) < 4.78 is 11.6. The number of anilines is 1. The molecule has 0 saturated heterocycles. The number of halogens is 2. The van der Waals surface area contributed by atoms with Gasteiger partial charge in [0.15, 0.2) is 11.5 Å². The molecule has 0 bridgehead atoms. The highest BCUT2D eigenvalue weighted by Crippen LogP contribution is 2.37. The number of hydrogen-bond donors (Lipinski definition) is 2. The summed E-state index contributed by atoms with van der Waals surface area (Å²) in [6.45, 7) is 6.39. The fourth-order valence-electron chi connectivity index (χ4n) is 3.02. The van der Waals surface area contributed by atoms with Crippen LogP contribution in [0.4, 0.5) is 5.69 Å². The molecular formula is C26H25Cl2N3O4. The maximum Gasteiger partial charge on any atom is 0.329 e. The van der Waals surface area contributed by atoms with Crippen LogP contribution in [0, 0.1) is 13.8 Å². The van der Waals surface area contributed by atoms with Crippen molar-refractivity contribution in [2.75, 3.05) is 11.9 Å². The number of nitrogens with zero attached hydrogens (tertiary/aromatic N) is 1. The van der Waals surface area contributed by atoms with E-state index in [0.29, 0.717) is 39.4 Å². The highest BCUT2D eigenvalue weighted by atomic mass is 35.5. The summed E-state index contributed by atoms with van der Waals surface area (Å²) in [6, 6.07) is 15.9.